The van der Waals surface area contributed by atoms with Gasteiger partial charge < -0.3 is 15.2 Å². The fraction of sp³-hybridized carbons (Fsp3) is 0.267. The number of hydrogen-bond acceptors (Lipinski definition) is 6. The highest BCUT2D eigenvalue weighted by Crippen LogP contribution is 2.39. The van der Waals surface area contributed by atoms with E-state index in [1.165, 1.54) is 18.3 Å². The van der Waals surface area contributed by atoms with Crippen LogP contribution in [0.2, 0.25) is 0 Å². The molecule has 0 atom stereocenters. The Morgan fingerprint density at radius 1 is 1.45 bits per heavy atom. The van der Waals surface area contributed by atoms with Crippen LogP contribution >= 0.6 is 11.3 Å². The van der Waals surface area contributed by atoms with Gasteiger partial charge in [0.2, 0.25) is 0 Å². The Bertz CT molecular complexity index is 754. The molecule has 1 amide bonds. The van der Waals surface area contributed by atoms with Crippen LogP contribution < -0.4 is 10.5 Å². The summed E-state index contributed by atoms with van der Waals surface area (Å²) in [7, 11) is 0. The van der Waals surface area contributed by atoms with Crippen molar-refractivity contribution in [3.05, 3.63) is 34.3 Å². The van der Waals surface area contributed by atoms with Crippen molar-refractivity contribution in [1.29, 1.82) is 0 Å². The Morgan fingerprint density at radius 3 is 3.00 bits per heavy atom. The number of nitrogens with zero attached hydrogens (tertiary/aromatic N) is 1. The maximum absolute atomic E-state index is 11.4. The fourth-order valence-corrected chi connectivity index (χ4v) is 3.30. The largest absolute Gasteiger partial charge is 0.491 e. The molecule has 6 nitrogen and oxygen atoms in total. The van der Waals surface area contributed by atoms with E-state index >= 15 is 0 Å². The number of primary amides is 1. The molecule has 114 valence electrons. The number of esters is 1. The minimum atomic E-state index is -0.438. The zero-order valence-corrected chi connectivity index (χ0v) is 12.7. The van der Waals surface area contributed by atoms with Crippen molar-refractivity contribution in [3.8, 4) is 16.3 Å². The van der Waals surface area contributed by atoms with E-state index in [1.54, 1.807) is 12.3 Å². The highest BCUT2D eigenvalue weighted by Gasteiger charge is 2.22. The Kier molecular flexibility index (Phi) is 3.81. The van der Waals surface area contributed by atoms with Gasteiger partial charge in [0, 0.05) is 25.1 Å². The van der Waals surface area contributed by atoms with Gasteiger partial charge in [0.15, 0.2) is 0 Å². The van der Waals surface area contributed by atoms with Gasteiger partial charge in [0.25, 0.3) is 5.91 Å². The Labute approximate surface area is 130 Å². The van der Waals surface area contributed by atoms with Crippen LogP contribution in [-0.4, -0.2) is 23.5 Å². The average Bonchev–Trinajstić information content (AvgIpc) is 2.82. The smallest absolute Gasteiger partial charge is 0.302 e. The van der Waals surface area contributed by atoms with E-state index in [-0.39, 0.29) is 12.6 Å². The standard InChI is InChI=1S/C15H14N2O4S/c1-8(18)21-7-9-4-11-13(17-6-9)14-10(2-3-20-11)5-12(22-14)15(16)19/h4-6H,2-3,7H2,1H3,(H2,16,19). The maximum Gasteiger partial charge on any atom is 0.302 e. The lowest BCUT2D eigenvalue weighted by Gasteiger charge is -2.09. The van der Waals surface area contributed by atoms with Crippen LogP contribution in [0.5, 0.6) is 5.75 Å². The SMILES string of the molecule is CC(=O)OCc1cnc2c(c1)OCCc1cc(C(N)=O)sc1-2. The molecular formula is C15H14N2O4S. The highest BCUT2D eigenvalue weighted by molar-refractivity contribution is 7.17. The van der Waals surface area contributed by atoms with Gasteiger partial charge in [-0.1, -0.05) is 0 Å². The molecular weight excluding hydrogens is 304 g/mol. The van der Waals surface area contributed by atoms with Crippen LogP contribution in [0.1, 0.15) is 27.7 Å². The molecule has 22 heavy (non-hydrogen) atoms. The molecule has 1 aliphatic heterocycles. The quantitative estimate of drug-likeness (QED) is 0.873. The molecule has 0 saturated carbocycles. The average molecular weight is 318 g/mol. The van der Waals surface area contributed by atoms with Crippen molar-refractivity contribution in [1.82, 2.24) is 4.98 Å². The van der Waals surface area contributed by atoms with E-state index in [0.29, 0.717) is 29.3 Å². The number of thiophene rings is 1. The van der Waals surface area contributed by atoms with Crippen LogP contribution in [0.15, 0.2) is 18.3 Å². The summed E-state index contributed by atoms with van der Waals surface area (Å²) in [6, 6.07) is 3.61. The fourth-order valence-electron chi connectivity index (χ4n) is 2.24. The third kappa shape index (κ3) is 2.80. The first-order valence-corrected chi connectivity index (χ1v) is 7.54. The second-order valence-electron chi connectivity index (χ2n) is 4.90. The van der Waals surface area contributed by atoms with Crippen LogP contribution in [0, 0.1) is 0 Å². The predicted octanol–water partition coefficient (Wildman–Crippen LogP) is 1.91. The van der Waals surface area contributed by atoms with E-state index in [4.69, 9.17) is 15.2 Å². The van der Waals surface area contributed by atoms with Crippen LogP contribution in [0.25, 0.3) is 10.6 Å². The number of fused-ring (bicyclic) bond motifs is 3. The summed E-state index contributed by atoms with van der Waals surface area (Å²) < 4.78 is 10.7. The molecule has 2 N–H and O–H groups in total. The molecule has 0 aromatic carbocycles. The summed E-state index contributed by atoms with van der Waals surface area (Å²) in [6.07, 6.45) is 2.33. The van der Waals surface area contributed by atoms with Crippen molar-refractivity contribution in [2.24, 2.45) is 5.73 Å². The van der Waals surface area contributed by atoms with Crippen LogP contribution in [-0.2, 0) is 22.6 Å². The lowest BCUT2D eigenvalue weighted by atomic mass is 10.1. The first-order valence-electron chi connectivity index (χ1n) is 6.72. The second kappa shape index (κ2) is 5.76. The van der Waals surface area contributed by atoms with Crippen LogP contribution in [0.3, 0.4) is 0 Å². The molecule has 3 rings (SSSR count). The van der Waals surface area contributed by atoms with Crippen LogP contribution in [0.4, 0.5) is 0 Å². The van der Waals surface area contributed by atoms with Gasteiger partial charge >= 0.3 is 5.97 Å². The molecule has 2 aromatic heterocycles. The Morgan fingerprint density at radius 2 is 2.27 bits per heavy atom. The molecule has 0 unspecified atom stereocenters. The van der Waals surface area contributed by atoms with Gasteiger partial charge in [-0.05, 0) is 17.7 Å². The Hall–Kier alpha value is -2.41. The summed E-state index contributed by atoms with van der Waals surface area (Å²) in [5.74, 6) is -0.157. The lowest BCUT2D eigenvalue weighted by Crippen LogP contribution is -2.08. The van der Waals surface area contributed by atoms with Crippen molar-refractivity contribution < 1.29 is 19.1 Å². The number of aromatic nitrogens is 1. The normalized spacial score (nSPS) is 12.6. The molecule has 0 aliphatic carbocycles. The van der Waals surface area contributed by atoms with Gasteiger partial charge in [0.05, 0.1) is 16.4 Å². The highest BCUT2D eigenvalue weighted by atomic mass is 32.1. The molecule has 0 fully saturated rings. The van der Waals surface area contributed by atoms with E-state index < -0.39 is 5.91 Å². The van der Waals surface area contributed by atoms with Crippen molar-refractivity contribution in [3.63, 3.8) is 0 Å². The van der Waals surface area contributed by atoms with E-state index in [1.807, 2.05) is 6.07 Å². The van der Waals surface area contributed by atoms with Crippen molar-refractivity contribution >= 4 is 23.2 Å². The number of carbonyl (C=O) groups is 2. The summed E-state index contributed by atoms with van der Waals surface area (Å²) in [5.41, 5.74) is 7.81. The maximum atomic E-state index is 11.4. The van der Waals surface area contributed by atoms with Gasteiger partial charge in [0.1, 0.15) is 18.1 Å². The topological polar surface area (TPSA) is 91.5 Å². The Balaban J connectivity index is 1.98. The monoisotopic (exact) mass is 318 g/mol. The molecule has 2 aromatic rings. The minimum Gasteiger partial charge on any atom is -0.491 e. The number of rotatable bonds is 3. The summed E-state index contributed by atoms with van der Waals surface area (Å²) >= 11 is 1.32. The zero-order chi connectivity index (χ0) is 15.7. The first kappa shape index (κ1) is 14.5. The van der Waals surface area contributed by atoms with Gasteiger partial charge in [-0.25, -0.2) is 0 Å². The number of hydrogen-bond donors (Lipinski definition) is 1. The molecule has 7 heteroatoms. The number of nitrogens with two attached hydrogens (primary N) is 1. The number of ether oxygens (including phenoxy) is 2. The number of amides is 1. The first-order chi connectivity index (χ1) is 10.5. The zero-order valence-electron chi connectivity index (χ0n) is 11.9. The summed E-state index contributed by atoms with van der Waals surface area (Å²) in [5, 5.41) is 0. The summed E-state index contributed by atoms with van der Waals surface area (Å²) in [6.45, 7) is 2.01. The molecule has 0 spiro atoms. The van der Waals surface area contributed by atoms with Gasteiger partial charge in [-0.2, -0.15) is 0 Å². The van der Waals surface area contributed by atoms with Gasteiger partial charge in [-0.3, -0.25) is 14.6 Å². The minimum absolute atomic E-state index is 0.156. The third-order valence-corrected chi connectivity index (χ3v) is 4.45. The third-order valence-electron chi connectivity index (χ3n) is 3.25. The van der Waals surface area contributed by atoms with Crippen molar-refractivity contribution in [2.45, 2.75) is 20.0 Å². The molecule has 0 saturated heterocycles. The second-order valence-corrected chi connectivity index (χ2v) is 5.95. The van der Waals surface area contributed by atoms with Crippen molar-refractivity contribution in [2.75, 3.05) is 6.61 Å². The molecule has 0 radical (unpaired) electrons. The van der Waals surface area contributed by atoms with Gasteiger partial charge in [-0.15, -0.1) is 11.3 Å². The molecule has 0 bridgehead atoms. The predicted molar refractivity (Wildman–Crippen MR) is 80.7 cm³/mol. The number of carbonyl (C=O) groups excluding carboxylic acids is 2. The molecule has 3 heterocycles. The van der Waals surface area contributed by atoms with E-state index in [2.05, 4.69) is 4.98 Å². The molecule has 1 aliphatic rings. The number of pyridine rings is 1. The van der Waals surface area contributed by atoms with E-state index in [0.717, 1.165) is 16.0 Å². The lowest BCUT2D eigenvalue weighted by molar-refractivity contribution is -0.142. The van der Waals surface area contributed by atoms with E-state index in [9.17, 15) is 9.59 Å². The summed E-state index contributed by atoms with van der Waals surface area (Å²) in [4.78, 5) is 28.1.